The largest absolute Gasteiger partial charge is 0.456 e. The molecule has 0 spiro atoms. The molecule has 0 bridgehead atoms. The minimum absolute atomic E-state index is 0.338. The van der Waals surface area contributed by atoms with Crippen molar-refractivity contribution in [3.63, 3.8) is 0 Å². The summed E-state index contributed by atoms with van der Waals surface area (Å²) in [7, 11) is 0. The lowest BCUT2D eigenvalue weighted by Crippen LogP contribution is -2.22. The van der Waals surface area contributed by atoms with Gasteiger partial charge in [0.25, 0.3) is 0 Å². The van der Waals surface area contributed by atoms with Crippen LogP contribution in [0.5, 0.6) is 0 Å². The molecule has 1 aromatic heterocycles. The van der Waals surface area contributed by atoms with E-state index in [2.05, 4.69) is 230 Å². The first-order valence-electron chi connectivity index (χ1n) is 20.0. The molecule has 9 aromatic carbocycles. The van der Waals surface area contributed by atoms with E-state index in [0.29, 0.717) is 0 Å². The maximum atomic E-state index is 6.80. The molecule has 0 fully saturated rings. The zero-order valence-corrected chi connectivity index (χ0v) is 32.1. The van der Waals surface area contributed by atoms with Crippen LogP contribution in [0.15, 0.2) is 223 Å². The van der Waals surface area contributed by atoms with Gasteiger partial charge in [0.2, 0.25) is 0 Å². The Kier molecular flexibility index (Phi) is 7.97. The van der Waals surface area contributed by atoms with Crippen LogP contribution in [0.1, 0.15) is 23.6 Å². The summed E-state index contributed by atoms with van der Waals surface area (Å²) in [4.78, 5) is 2.33. The number of hydrogen-bond donors (Lipinski definition) is 0. The van der Waals surface area contributed by atoms with E-state index < -0.39 is 0 Å². The molecule has 0 saturated heterocycles. The molecule has 0 N–H and O–H groups in total. The van der Waals surface area contributed by atoms with Crippen molar-refractivity contribution >= 4 is 39.0 Å². The quantitative estimate of drug-likeness (QED) is 0.162. The SMILES string of the molecule is CC1(c2cccc3c2oc2ccc(-c4ccc(N(c5ccc(-c6ccccc6)cc5)c5ccc(-c6ccccc6)cc5)cc4)cc23)c2ccccc2-c2ccccc21. The lowest BCUT2D eigenvalue weighted by Gasteiger charge is -2.28. The molecule has 0 unspecified atom stereocenters. The van der Waals surface area contributed by atoms with Crippen LogP contribution in [0.2, 0.25) is 0 Å². The molecule has 1 heterocycles. The maximum absolute atomic E-state index is 6.80. The number of hydrogen-bond acceptors (Lipinski definition) is 2. The van der Waals surface area contributed by atoms with Crippen molar-refractivity contribution < 1.29 is 4.42 Å². The molecule has 0 aliphatic heterocycles. The summed E-state index contributed by atoms with van der Waals surface area (Å²) in [5, 5.41) is 2.26. The molecular formula is C56H39NO. The normalized spacial score (nSPS) is 12.7. The van der Waals surface area contributed by atoms with Crippen LogP contribution >= 0.6 is 0 Å². The third kappa shape index (κ3) is 5.49. The van der Waals surface area contributed by atoms with Crippen molar-refractivity contribution in [1.82, 2.24) is 0 Å². The first kappa shape index (κ1) is 33.9. The molecule has 58 heavy (non-hydrogen) atoms. The van der Waals surface area contributed by atoms with Gasteiger partial charge < -0.3 is 9.32 Å². The average molecular weight is 742 g/mol. The fraction of sp³-hybridized carbons (Fsp3) is 0.0357. The second kappa shape index (κ2) is 13.7. The fourth-order valence-electron chi connectivity index (χ4n) is 9.23. The van der Waals surface area contributed by atoms with Crippen LogP contribution in [0.25, 0.3) is 66.4 Å². The van der Waals surface area contributed by atoms with Gasteiger partial charge in [0.1, 0.15) is 11.2 Å². The van der Waals surface area contributed by atoms with E-state index in [-0.39, 0.29) is 5.41 Å². The van der Waals surface area contributed by atoms with Gasteiger partial charge in [-0.1, -0.05) is 170 Å². The monoisotopic (exact) mass is 741 g/mol. The Hall–Kier alpha value is -7.42. The lowest BCUT2D eigenvalue weighted by molar-refractivity contribution is 0.638. The predicted octanol–water partition coefficient (Wildman–Crippen LogP) is 15.4. The van der Waals surface area contributed by atoms with Crippen molar-refractivity contribution in [2.45, 2.75) is 12.3 Å². The van der Waals surface area contributed by atoms with E-state index in [1.54, 1.807) is 0 Å². The lowest BCUT2D eigenvalue weighted by atomic mass is 9.74. The predicted molar refractivity (Wildman–Crippen MR) is 242 cm³/mol. The van der Waals surface area contributed by atoms with Crippen LogP contribution in [-0.2, 0) is 5.41 Å². The Bertz CT molecular complexity index is 2960. The van der Waals surface area contributed by atoms with Gasteiger partial charge in [-0.25, -0.2) is 0 Å². The van der Waals surface area contributed by atoms with E-state index in [0.717, 1.165) is 50.1 Å². The molecule has 0 saturated carbocycles. The summed E-state index contributed by atoms with van der Waals surface area (Å²) in [6, 6.07) is 78.7. The summed E-state index contributed by atoms with van der Waals surface area (Å²) in [6.45, 7) is 2.35. The first-order valence-corrected chi connectivity index (χ1v) is 20.0. The molecule has 2 nitrogen and oxygen atoms in total. The molecule has 274 valence electrons. The van der Waals surface area contributed by atoms with Crippen molar-refractivity contribution in [2.24, 2.45) is 0 Å². The molecule has 0 atom stereocenters. The fourth-order valence-corrected chi connectivity index (χ4v) is 9.23. The number of fused-ring (bicyclic) bond motifs is 6. The van der Waals surface area contributed by atoms with Gasteiger partial charge in [-0.05, 0) is 111 Å². The minimum atomic E-state index is -0.338. The third-order valence-electron chi connectivity index (χ3n) is 12.2. The topological polar surface area (TPSA) is 16.4 Å². The highest BCUT2D eigenvalue weighted by Crippen LogP contribution is 2.54. The summed E-state index contributed by atoms with van der Waals surface area (Å²) >= 11 is 0. The second-order valence-electron chi connectivity index (χ2n) is 15.4. The maximum Gasteiger partial charge on any atom is 0.139 e. The van der Waals surface area contributed by atoms with Gasteiger partial charge in [-0.3, -0.25) is 0 Å². The van der Waals surface area contributed by atoms with Crippen molar-refractivity contribution in [3.05, 3.63) is 235 Å². The summed E-state index contributed by atoms with van der Waals surface area (Å²) in [5.41, 5.74) is 18.3. The Labute approximate surface area is 338 Å². The van der Waals surface area contributed by atoms with Crippen molar-refractivity contribution in [1.29, 1.82) is 0 Å². The Morgan fingerprint density at radius 2 is 0.759 bits per heavy atom. The molecular weight excluding hydrogens is 703 g/mol. The Morgan fingerprint density at radius 1 is 0.345 bits per heavy atom. The minimum Gasteiger partial charge on any atom is -0.456 e. The Balaban J connectivity index is 0.968. The summed E-state index contributed by atoms with van der Waals surface area (Å²) in [6.07, 6.45) is 0. The van der Waals surface area contributed by atoms with E-state index in [4.69, 9.17) is 4.42 Å². The zero-order chi connectivity index (χ0) is 38.6. The smallest absolute Gasteiger partial charge is 0.139 e. The van der Waals surface area contributed by atoms with E-state index >= 15 is 0 Å². The Morgan fingerprint density at radius 3 is 1.28 bits per heavy atom. The van der Waals surface area contributed by atoms with E-state index in [1.165, 1.54) is 50.1 Å². The number of nitrogens with zero attached hydrogens (tertiary/aromatic N) is 1. The number of anilines is 3. The molecule has 0 amide bonds. The van der Waals surface area contributed by atoms with E-state index in [9.17, 15) is 0 Å². The molecule has 1 aliphatic carbocycles. The highest BCUT2D eigenvalue weighted by atomic mass is 16.3. The molecule has 1 aliphatic rings. The van der Waals surface area contributed by atoms with Gasteiger partial charge in [0.05, 0.1) is 0 Å². The highest BCUT2D eigenvalue weighted by Gasteiger charge is 2.42. The van der Waals surface area contributed by atoms with Gasteiger partial charge >= 0.3 is 0 Å². The molecule has 2 heteroatoms. The summed E-state index contributed by atoms with van der Waals surface area (Å²) < 4.78 is 6.80. The number of rotatable bonds is 7. The van der Waals surface area contributed by atoms with Crippen LogP contribution < -0.4 is 4.90 Å². The van der Waals surface area contributed by atoms with Gasteiger partial charge in [-0.15, -0.1) is 0 Å². The van der Waals surface area contributed by atoms with Crippen LogP contribution in [-0.4, -0.2) is 0 Å². The van der Waals surface area contributed by atoms with Crippen LogP contribution in [0, 0.1) is 0 Å². The summed E-state index contributed by atoms with van der Waals surface area (Å²) in [5.74, 6) is 0. The average Bonchev–Trinajstić information content (AvgIpc) is 3.80. The third-order valence-corrected chi connectivity index (χ3v) is 12.2. The molecule has 11 rings (SSSR count). The number of benzene rings is 9. The molecule has 0 radical (unpaired) electrons. The van der Waals surface area contributed by atoms with Crippen molar-refractivity contribution in [3.8, 4) is 44.5 Å². The van der Waals surface area contributed by atoms with Gasteiger partial charge in [0.15, 0.2) is 0 Å². The van der Waals surface area contributed by atoms with Crippen molar-refractivity contribution in [2.75, 3.05) is 4.90 Å². The number of furan rings is 1. The molecule has 10 aromatic rings. The first-order chi connectivity index (χ1) is 28.6. The highest BCUT2D eigenvalue weighted by molar-refractivity contribution is 6.08. The zero-order valence-electron chi connectivity index (χ0n) is 32.1. The number of para-hydroxylation sites is 1. The second-order valence-corrected chi connectivity index (χ2v) is 15.4. The van der Waals surface area contributed by atoms with E-state index in [1.807, 2.05) is 0 Å². The van der Waals surface area contributed by atoms with Gasteiger partial charge in [0, 0.05) is 38.8 Å². The van der Waals surface area contributed by atoms with Crippen LogP contribution in [0.3, 0.4) is 0 Å². The van der Waals surface area contributed by atoms with Crippen LogP contribution in [0.4, 0.5) is 17.1 Å². The standard InChI is InChI=1S/C56H39NO/c1-56(51-20-10-8-17-47(51)48-18-9-11-21-52(48)56)53-22-12-19-49-50-37-43(29-36-54(50)58-55(49)53)42-27-34-46(35-28-42)57(44-30-23-40(24-31-44)38-13-4-2-5-14-38)45-32-25-41(26-33-45)39-15-6-3-7-16-39/h2-37H,1H3. The van der Waals surface area contributed by atoms with Gasteiger partial charge in [-0.2, -0.15) is 0 Å².